The Morgan fingerprint density at radius 3 is 2.39 bits per heavy atom. The summed E-state index contributed by atoms with van der Waals surface area (Å²) in [5.74, 6) is -1.57. The summed E-state index contributed by atoms with van der Waals surface area (Å²) in [6, 6.07) is 12.9. The average molecular weight is 473 g/mol. The van der Waals surface area contributed by atoms with Crippen molar-refractivity contribution in [2.24, 2.45) is 5.73 Å². The van der Waals surface area contributed by atoms with Crippen molar-refractivity contribution in [2.75, 3.05) is 20.3 Å². The zero-order valence-electron chi connectivity index (χ0n) is 18.2. The van der Waals surface area contributed by atoms with Crippen LogP contribution in [-0.4, -0.2) is 48.7 Å². The molecule has 174 valence electrons. The van der Waals surface area contributed by atoms with Crippen LogP contribution in [0.1, 0.15) is 41.6 Å². The fraction of sp³-hybridized carbons (Fsp3) is 0.333. The SMILES string of the molecule is CN(C(=O)COC(=O)c1ccc(OCC(N)=O)cc1)[C@]1(c2ccccc2Cl)CCCCC1=O. The van der Waals surface area contributed by atoms with Gasteiger partial charge in [-0.25, -0.2) is 4.79 Å². The van der Waals surface area contributed by atoms with E-state index < -0.39 is 29.9 Å². The lowest BCUT2D eigenvalue weighted by Gasteiger charge is -2.43. The number of nitrogens with two attached hydrogens (primary N) is 1. The molecule has 1 fully saturated rings. The number of nitrogens with zero attached hydrogens (tertiary/aromatic N) is 1. The standard InChI is InChI=1S/C24H25ClN2O6/c1-27(24(13-5-4-8-20(24)28)18-6-2-3-7-19(18)25)22(30)15-33-23(31)16-9-11-17(12-10-16)32-14-21(26)29/h2-3,6-7,9-12H,4-5,8,13-15H2,1H3,(H2,26,29)/t24-/m0/s1. The van der Waals surface area contributed by atoms with Gasteiger partial charge in [0.05, 0.1) is 5.56 Å². The minimum absolute atomic E-state index is 0.0874. The van der Waals surface area contributed by atoms with Gasteiger partial charge in [-0.2, -0.15) is 0 Å². The number of likely N-dealkylation sites (N-methyl/N-ethyl adjacent to an activating group) is 1. The number of hydrogen-bond acceptors (Lipinski definition) is 6. The van der Waals surface area contributed by atoms with Crippen molar-refractivity contribution in [3.8, 4) is 5.75 Å². The molecule has 2 amide bonds. The highest BCUT2D eigenvalue weighted by Gasteiger charge is 2.48. The third-order valence-corrected chi connectivity index (χ3v) is 6.05. The normalized spacial score (nSPS) is 17.8. The van der Waals surface area contributed by atoms with E-state index in [9.17, 15) is 19.2 Å². The van der Waals surface area contributed by atoms with Crippen molar-refractivity contribution in [1.29, 1.82) is 0 Å². The molecule has 3 rings (SSSR count). The van der Waals surface area contributed by atoms with E-state index in [1.807, 2.05) is 0 Å². The average Bonchev–Trinajstić information content (AvgIpc) is 2.81. The first-order valence-corrected chi connectivity index (χ1v) is 10.9. The predicted octanol–water partition coefficient (Wildman–Crippen LogP) is 2.86. The maximum atomic E-state index is 13.1. The molecule has 0 heterocycles. The minimum Gasteiger partial charge on any atom is -0.484 e. The molecule has 0 radical (unpaired) electrons. The number of benzene rings is 2. The summed E-state index contributed by atoms with van der Waals surface area (Å²) in [6.07, 6.45) is 2.30. The van der Waals surface area contributed by atoms with Crippen molar-refractivity contribution in [3.63, 3.8) is 0 Å². The molecule has 1 atom stereocenters. The molecule has 0 aliphatic heterocycles. The molecule has 2 N–H and O–H groups in total. The van der Waals surface area contributed by atoms with Crippen LogP contribution >= 0.6 is 11.6 Å². The zero-order chi connectivity index (χ0) is 24.0. The molecule has 1 saturated carbocycles. The Hall–Kier alpha value is -3.39. The number of Topliss-reactive ketones (excluding diaryl/α,β-unsaturated/α-hetero) is 1. The first kappa shape index (κ1) is 24.3. The highest BCUT2D eigenvalue weighted by molar-refractivity contribution is 6.31. The van der Waals surface area contributed by atoms with E-state index in [0.717, 1.165) is 12.8 Å². The third kappa shape index (κ3) is 5.34. The first-order chi connectivity index (χ1) is 15.8. The molecule has 1 aliphatic rings. The molecule has 2 aromatic rings. The number of ketones is 1. The number of rotatable bonds is 8. The molecule has 33 heavy (non-hydrogen) atoms. The molecule has 0 aromatic heterocycles. The summed E-state index contributed by atoms with van der Waals surface area (Å²) in [6.45, 7) is -0.814. The fourth-order valence-electron chi connectivity index (χ4n) is 3.99. The van der Waals surface area contributed by atoms with Gasteiger partial charge < -0.3 is 20.1 Å². The molecule has 9 heteroatoms. The quantitative estimate of drug-likeness (QED) is 0.590. The number of amides is 2. The second kappa shape index (κ2) is 10.5. The summed E-state index contributed by atoms with van der Waals surface area (Å²) in [7, 11) is 1.54. The molecule has 8 nitrogen and oxygen atoms in total. The lowest BCUT2D eigenvalue weighted by atomic mass is 9.74. The van der Waals surface area contributed by atoms with Crippen molar-refractivity contribution < 1.29 is 28.7 Å². The first-order valence-electron chi connectivity index (χ1n) is 10.5. The van der Waals surface area contributed by atoms with E-state index in [1.54, 1.807) is 24.3 Å². The number of carbonyl (C=O) groups is 4. The maximum Gasteiger partial charge on any atom is 0.338 e. The van der Waals surface area contributed by atoms with E-state index in [0.29, 0.717) is 29.2 Å². The number of esters is 1. The number of halogens is 1. The summed E-state index contributed by atoms with van der Waals surface area (Å²) < 4.78 is 10.3. The molecule has 1 aliphatic carbocycles. The molecule has 0 spiro atoms. The minimum atomic E-state index is -1.19. The largest absolute Gasteiger partial charge is 0.484 e. The number of carbonyl (C=O) groups excluding carboxylic acids is 4. The maximum absolute atomic E-state index is 13.1. The lowest BCUT2D eigenvalue weighted by molar-refractivity contribution is -0.150. The predicted molar refractivity (Wildman–Crippen MR) is 121 cm³/mol. The van der Waals surface area contributed by atoms with Gasteiger partial charge in [-0.1, -0.05) is 29.8 Å². The highest BCUT2D eigenvalue weighted by atomic mass is 35.5. The van der Waals surface area contributed by atoms with Gasteiger partial charge in [0.25, 0.3) is 11.8 Å². The summed E-state index contributed by atoms with van der Waals surface area (Å²) in [5, 5.41) is 0.406. The molecule has 0 unspecified atom stereocenters. The second-order valence-corrected chi connectivity index (χ2v) is 8.19. The van der Waals surface area contributed by atoms with Gasteiger partial charge in [0.2, 0.25) is 0 Å². The van der Waals surface area contributed by atoms with Crippen molar-refractivity contribution in [2.45, 2.75) is 31.2 Å². The van der Waals surface area contributed by atoms with E-state index >= 15 is 0 Å². The van der Waals surface area contributed by atoms with E-state index in [1.165, 1.54) is 36.2 Å². The summed E-state index contributed by atoms with van der Waals surface area (Å²) in [5.41, 5.74) is 4.61. The van der Waals surface area contributed by atoms with Crippen LogP contribution in [0.5, 0.6) is 5.75 Å². The van der Waals surface area contributed by atoms with Crippen LogP contribution in [0.3, 0.4) is 0 Å². The lowest BCUT2D eigenvalue weighted by Crippen LogP contribution is -2.55. The molecular formula is C24H25ClN2O6. The van der Waals surface area contributed by atoms with Gasteiger partial charge >= 0.3 is 5.97 Å². The van der Waals surface area contributed by atoms with Crippen molar-refractivity contribution in [3.05, 3.63) is 64.7 Å². The van der Waals surface area contributed by atoms with Crippen LogP contribution in [0.25, 0.3) is 0 Å². The smallest absolute Gasteiger partial charge is 0.338 e. The molecule has 0 bridgehead atoms. The molecular weight excluding hydrogens is 448 g/mol. The Balaban J connectivity index is 1.71. The van der Waals surface area contributed by atoms with Crippen LogP contribution in [-0.2, 0) is 24.7 Å². The van der Waals surface area contributed by atoms with Crippen LogP contribution in [0.2, 0.25) is 5.02 Å². The van der Waals surface area contributed by atoms with Crippen LogP contribution in [0.4, 0.5) is 0 Å². The van der Waals surface area contributed by atoms with E-state index in [-0.39, 0.29) is 18.0 Å². The Morgan fingerprint density at radius 2 is 1.76 bits per heavy atom. The number of ether oxygens (including phenoxy) is 2. The highest BCUT2D eigenvalue weighted by Crippen LogP contribution is 2.42. The van der Waals surface area contributed by atoms with Crippen molar-refractivity contribution in [1.82, 2.24) is 4.90 Å². The van der Waals surface area contributed by atoms with Crippen LogP contribution < -0.4 is 10.5 Å². The van der Waals surface area contributed by atoms with Gasteiger partial charge in [-0.15, -0.1) is 0 Å². The monoisotopic (exact) mass is 472 g/mol. The number of hydrogen-bond donors (Lipinski definition) is 1. The van der Waals surface area contributed by atoms with Gasteiger partial charge in [0.15, 0.2) is 19.0 Å². The van der Waals surface area contributed by atoms with E-state index in [4.69, 9.17) is 26.8 Å². The van der Waals surface area contributed by atoms with Gasteiger partial charge in [-0.3, -0.25) is 14.4 Å². The Morgan fingerprint density at radius 1 is 1.06 bits per heavy atom. The Labute approximate surface area is 196 Å². The zero-order valence-corrected chi connectivity index (χ0v) is 19.0. The van der Waals surface area contributed by atoms with Crippen LogP contribution in [0.15, 0.2) is 48.5 Å². The van der Waals surface area contributed by atoms with Crippen molar-refractivity contribution >= 4 is 35.2 Å². The summed E-state index contributed by atoms with van der Waals surface area (Å²) >= 11 is 6.41. The fourth-order valence-corrected chi connectivity index (χ4v) is 4.28. The Bertz CT molecular complexity index is 1060. The van der Waals surface area contributed by atoms with Gasteiger partial charge in [0.1, 0.15) is 11.3 Å². The topological polar surface area (TPSA) is 116 Å². The second-order valence-electron chi connectivity index (χ2n) is 7.78. The van der Waals surface area contributed by atoms with E-state index in [2.05, 4.69) is 0 Å². The molecule has 0 saturated heterocycles. The molecule has 2 aromatic carbocycles. The van der Waals surface area contributed by atoms with Crippen LogP contribution in [0, 0.1) is 0 Å². The van der Waals surface area contributed by atoms with Gasteiger partial charge in [-0.05, 0) is 49.6 Å². The summed E-state index contributed by atoms with van der Waals surface area (Å²) in [4.78, 5) is 50.6. The third-order valence-electron chi connectivity index (χ3n) is 5.72. The van der Waals surface area contributed by atoms with Gasteiger partial charge in [0, 0.05) is 24.1 Å². The Kier molecular flexibility index (Phi) is 7.71. The number of primary amides is 1.